The third-order valence-electron chi connectivity index (χ3n) is 6.15. The maximum Gasteiger partial charge on any atom is 0.253 e. The Morgan fingerprint density at radius 1 is 1.20 bits per heavy atom. The lowest BCUT2D eigenvalue weighted by molar-refractivity contribution is -0.143. The topological polar surface area (TPSA) is 56.4 Å². The summed E-state index contributed by atoms with van der Waals surface area (Å²) in [6.45, 7) is 6.17. The highest BCUT2D eigenvalue weighted by molar-refractivity contribution is 5.99. The van der Waals surface area contributed by atoms with Gasteiger partial charge in [-0.1, -0.05) is 0 Å². The summed E-state index contributed by atoms with van der Waals surface area (Å²) in [5.74, 6) is 0.250. The molecule has 3 heterocycles. The number of nitrogens with zero attached hydrogens (tertiary/aromatic N) is 2. The summed E-state index contributed by atoms with van der Waals surface area (Å²) in [4.78, 5) is 32.7. The van der Waals surface area contributed by atoms with E-state index in [4.69, 9.17) is 0 Å². The van der Waals surface area contributed by atoms with Crippen molar-refractivity contribution >= 4 is 22.7 Å². The number of hydrogen-bond donors (Lipinski definition) is 1. The van der Waals surface area contributed by atoms with Crippen molar-refractivity contribution in [1.29, 1.82) is 0 Å². The molecule has 2 aromatic rings. The molecule has 1 atom stereocenters. The van der Waals surface area contributed by atoms with Crippen LogP contribution in [0.3, 0.4) is 0 Å². The Morgan fingerprint density at radius 3 is 2.80 bits per heavy atom. The van der Waals surface area contributed by atoms with Crippen molar-refractivity contribution in [2.24, 2.45) is 5.41 Å². The number of aryl methyl sites for hydroxylation is 2. The number of nitrogens with one attached hydrogen (secondary N) is 1. The van der Waals surface area contributed by atoms with Gasteiger partial charge in [0.05, 0.1) is 5.41 Å². The molecule has 5 nitrogen and oxygen atoms in total. The molecule has 1 spiro atoms. The number of carbonyl (C=O) groups is 2. The summed E-state index contributed by atoms with van der Waals surface area (Å²) in [6.07, 6.45) is 2.71. The van der Waals surface area contributed by atoms with Crippen LogP contribution in [0.25, 0.3) is 10.9 Å². The summed E-state index contributed by atoms with van der Waals surface area (Å²) in [5, 5.41) is 1.10. The minimum absolute atomic E-state index is 0.0399. The number of fused-ring (bicyclic) bond motifs is 1. The lowest BCUT2D eigenvalue weighted by atomic mass is 9.78. The number of aromatic nitrogens is 1. The molecule has 1 unspecified atom stereocenters. The van der Waals surface area contributed by atoms with Gasteiger partial charge < -0.3 is 14.8 Å². The number of H-pyrrole nitrogens is 1. The normalized spacial score (nSPS) is 23.9. The van der Waals surface area contributed by atoms with E-state index in [0.717, 1.165) is 42.4 Å². The van der Waals surface area contributed by atoms with Crippen LogP contribution in [0.5, 0.6) is 0 Å². The van der Waals surface area contributed by atoms with Gasteiger partial charge in [-0.05, 0) is 56.9 Å². The van der Waals surface area contributed by atoms with Gasteiger partial charge in [0, 0.05) is 48.8 Å². The number of amides is 2. The zero-order valence-corrected chi connectivity index (χ0v) is 15.2. The molecule has 1 N–H and O–H groups in total. The summed E-state index contributed by atoms with van der Waals surface area (Å²) in [5.41, 5.74) is 3.74. The summed E-state index contributed by atoms with van der Waals surface area (Å²) in [6, 6.07) is 5.85. The summed E-state index contributed by atoms with van der Waals surface area (Å²) in [7, 11) is 1.87. The molecule has 25 heavy (non-hydrogen) atoms. The first-order valence-corrected chi connectivity index (χ1v) is 9.05. The Kier molecular flexibility index (Phi) is 3.63. The number of piperidine rings is 1. The smallest absolute Gasteiger partial charge is 0.253 e. The van der Waals surface area contributed by atoms with Crippen molar-refractivity contribution in [3.05, 3.63) is 35.0 Å². The van der Waals surface area contributed by atoms with Gasteiger partial charge in [-0.3, -0.25) is 9.59 Å². The predicted octanol–water partition coefficient (Wildman–Crippen LogP) is 2.87. The molecule has 0 radical (unpaired) electrons. The third kappa shape index (κ3) is 2.44. The van der Waals surface area contributed by atoms with Crippen LogP contribution in [0.4, 0.5) is 0 Å². The lowest BCUT2D eigenvalue weighted by Gasteiger charge is -2.37. The number of benzene rings is 1. The quantitative estimate of drug-likeness (QED) is 0.868. The van der Waals surface area contributed by atoms with E-state index < -0.39 is 0 Å². The molecule has 132 valence electrons. The zero-order valence-electron chi connectivity index (χ0n) is 15.2. The Bertz CT molecular complexity index is 869. The van der Waals surface area contributed by atoms with E-state index in [9.17, 15) is 9.59 Å². The van der Waals surface area contributed by atoms with Gasteiger partial charge in [-0.2, -0.15) is 0 Å². The predicted molar refractivity (Wildman–Crippen MR) is 97.6 cm³/mol. The van der Waals surface area contributed by atoms with Crippen molar-refractivity contribution in [3.8, 4) is 0 Å². The fourth-order valence-electron chi connectivity index (χ4n) is 4.47. The summed E-state index contributed by atoms with van der Waals surface area (Å²) >= 11 is 0. The minimum atomic E-state index is -0.354. The largest absolute Gasteiger partial charge is 0.358 e. The molecule has 0 aliphatic carbocycles. The number of hydrogen-bond acceptors (Lipinski definition) is 2. The Balaban J connectivity index is 1.60. The van der Waals surface area contributed by atoms with Crippen molar-refractivity contribution < 1.29 is 9.59 Å². The zero-order chi connectivity index (χ0) is 17.8. The molecule has 5 heteroatoms. The maximum absolute atomic E-state index is 13.0. The van der Waals surface area contributed by atoms with Crippen LogP contribution in [0.15, 0.2) is 18.2 Å². The van der Waals surface area contributed by atoms with Crippen LogP contribution in [0.1, 0.15) is 40.9 Å². The van der Waals surface area contributed by atoms with Crippen molar-refractivity contribution in [2.45, 2.75) is 33.1 Å². The van der Waals surface area contributed by atoms with Crippen LogP contribution < -0.4 is 0 Å². The van der Waals surface area contributed by atoms with Crippen molar-refractivity contribution in [2.75, 3.05) is 26.7 Å². The van der Waals surface area contributed by atoms with Gasteiger partial charge in [0.25, 0.3) is 5.91 Å². The SMILES string of the molecule is Cc1[nH]c2ccc(C(=O)N3CCC4(CCCN(C)C4=O)C3)cc2c1C. The van der Waals surface area contributed by atoms with Gasteiger partial charge in [0.15, 0.2) is 0 Å². The number of likely N-dealkylation sites (tertiary alicyclic amines) is 2. The molecule has 2 fully saturated rings. The van der Waals surface area contributed by atoms with E-state index in [2.05, 4.69) is 11.9 Å². The molecule has 2 saturated heterocycles. The fourth-order valence-corrected chi connectivity index (χ4v) is 4.47. The van der Waals surface area contributed by atoms with Crippen LogP contribution in [0, 0.1) is 19.3 Å². The first-order chi connectivity index (χ1) is 11.9. The molecule has 2 aliphatic heterocycles. The van der Waals surface area contributed by atoms with Gasteiger partial charge >= 0.3 is 0 Å². The van der Waals surface area contributed by atoms with E-state index in [1.165, 1.54) is 5.56 Å². The molecule has 2 amide bonds. The molecule has 0 bridgehead atoms. The fraction of sp³-hybridized carbons (Fsp3) is 0.500. The first kappa shape index (κ1) is 16.2. The van der Waals surface area contributed by atoms with E-state index in [1.54, 1.807) is 0 Å². The Hall–Kier alpha value is -2.30. The Morgan fingerprint density at radius 2 is 2.00 bits per heavy atom. The first-order valence-electron chi connectivity index (χ1n) is 9.05. The van der Waals surface area contributed by atoms with Crippen LogP contribution in [-0.4, -0.2) is 53.3 Å². The second-order valence-corrected chi connectivity index (χ2v) is 7.72. The van der Waals surface area contributed by atoms with Crippen LogP contribution in [-0.2, 0) is 4.79 Å². The highest BCUT2D eigenvalue weighted by Crippen LogP contribution is 2.40. The van der Waals surface area contributed by atoms with Crippen molar-refractivity contribution in [1.82, 2.24) is 14.8 Å². The highest BCUT2D eigenvalue weighted by atomic mass is 16.2. The summed E-state index contributed by atoms with van der Waals surface area (Å²) < 4.78 is 0. The molecule has 1 aromatic carbocycles. The average Bonchev–Trinajstić information content (AvgIpc) is 3.15. The lowest BCUT2D eigenvalue weighted by Crippen LogP contribution is -2.48. The van der Waals surface area contributed by atoms with Gasteiger partial charge in [-0.25, -0.2) is 0 Å². The third-order valence-corrected chi connectivity index (χ3v) is 6.15. The van der Waals surface area contributed by atoms with E-state index >= 15 is 0 Å². The molecular formula is C20H25N3O2. The number of rotatable bonds is 1. The molecule has 2 aliphatic rings. The number of carbonyl (C=O) groups excluding carboxylic acids is 2. The second kappa shape index (κ2) is 5.61. The van der Waals surface area contributed by atoms with E-state index in [1.807, 2.05) is 42.0 Å². The molecule has 1 aromatic heterocycles. The van der Waals surface area contributed by atoms with Gasteiger partial charge in [-0.15, -0.1) is 0 Å². The van der Waals surface area contributed by atoms with E-state index in [-0.39, 0.29) is 17.2 Å². The van der Waals surface area contributed by atoms with Gasteiger partial charge in [0.1, 0.15) is 0 Å². The molecular weight excluding hydrogens is 314 g/mol. The van der Waals surface area contributed by atoms with Crippen LogP contribution >= 0.6 is 0 Å². The number of aromatic amines is 1. The monoisotopic (exact) mass is 339 g/mol. The van der Waals surface area contributed by atoms with E-state index in [0.29, 0.717) is 18.7 Å². The second-order valence-electron chi connectivity index (χ2n) is 7.72. The molecule has 4 rings (SSSR count). The van der Waals surface area contributed by atoms with Gasteiger partial charge in [0.2, 0.25) is 5.91 Å². The highest BCUT2D eigenvalue weighted by Gasteiger charge is 2.48. The molecule has 0 saturated carbocycles. The van der Waals surface area contributed by atoms with Crippen LogP contribution in [0.2, 0.25) is 0 Å². The minimum Gasteiger partial charge on any atom is -0.358 e. The standard InChI is InChI=1S/C20H25N3O2/c1-13-14(2)21-17-6-5-15(11-16(13)17)18(24)23-10-8-20(12-23)7-4-9-22(3)19(20)25/h5-6,11,21H,4,7-10,12H2,1-3H3. The Labute approximate surface area is 148 Å². The average molecular weight is 339 g/mol. The van der Waals surface area contributed by atoms with Crippen molar-refractivity contribution in [3.63, 3.8) is 0 Å². The maximum atomic E-state index is 13.0.